The molecule has 1 radical (unpaired) electrons. The second-order valence-electron chi connectivity index (χ2n) is 7.48. The van der Waals surface area contributed by atoms with Crippen LogP contribution in [0.25, 0.3) is 0 Å². The predicted molar refractivity (Wildman–Crippen MR) is 92.1 cm³/mol. The number of carbonyl (C=O) groups is 1. The minimum atomic E-state index is -0.252. The van der Waals surface area contributed by atoms with E-state index < -0.39 is 0 Å². The molecule has 0 saturated heterocycles. The van der Waals surface area contributed by atoms with Gasteiger partial charge in [0.1, 0.15) is 12.4 Å². The van der Waals surface area contributed by atoms with Crippen LogP contribution in [0.3, 0.4) is 0 Å². The van der Waals surface area contributed by atoms with Crippen molar-refractivity contribution in [1.82, 2.24) is 0 Å². The molecule has 0 aliphatic rings. The molecule has 3 nitrogen and oxygen atoms in total. The molecule has 1 unspecified atom stereocenters. The molecule has 0 spiro atoms. The van der Waals surface area contributed by atoms with Crippen molar-refractivity contribution in [3.8, 4) is 0 Å². The largest absolute Gasteiger partial charge is 0.396 e. The summed E-state index contributed by atoms with van der Waals surface area (Å²) in [4.78, 5) is 16.5. The van der Waals surface area contributed by atoms with E-state index >= 15 is 0 Å². The number of rotatable bonds is 6. The van der Waals surface area contributed by atoms with Gasteiger partial charge in [-0.2, -0.15) is 6.42 Å². The van der Waals surface area contributed by atoms with Gasteiger partial charge in [-0.05, 0) is 18.8 Å². The number of hydrogen-bond acceptors (Lipinski definition) is 3. The Bertz CT molecular complexity index is 301. The Balaban J connectivity index is -0.000000348. The zero-order chi connectivity index (χ0) is 17.1. The molecule has 129 valence electrons. The van der Waals surface area contributed by atoms with Crippen LogP contribution in [0.5, 0.6) is 0 Å². The number of carbonyl (C=O) groups excluding carboxylic acids is 1. The van der Waals surface area contributed by atoms with Crippen LogP contribution in [-0.4, -0.2) is 18.6 Å². The Kier molecular flexibility index (Phi) is 16.8. The standard InChI is InChI=1S/C12H23O.C6H12NO.Y/c1-9(8-11(2,3)4)10(13)12(5,6)7;1-3-5-6-8-7-4-2;/h9H,1,8H2,2-7H3;4H,1,3,5-6H2,2H3;/q2*-1;/b;7-4+;. The average molecular weight is 386 g/mol. The summed E-state index contributed by atoms with van der Waals surface area (Å²) in [6.07, 6.45) is 4.39. The van der Waals surface area contributed by atoms with E-state index in [1.165, 1.54) is 0 Å². The molecular formula is C18H35NO2Y-2. The maximum Gasteiger partial charge on any atom is 0.114 e. The molecule has 0 heterocycles. The fourth-order valence-electron chi connectivity index (χ4n) is 1.74. The molecule has 1 atom stereocenters. The number of hydrogen-bond donors (Lipinski definition) is 0. The minimum absolute atomic E-state index is 0. The first kappa shape index (κ1) is 27.1. The summed E-state index contributed by atoms with van der Waals surface area (Å²) < 4.78 is 0. The van der Waals surface area contributed by atoms with E-state index in [0.29, 0.717) is 6.61 Å². The van der Waals surface area contributed by atoms with Crippen molar-refractivity contribution in [3.05, 3.63) is 13.8 Å². The minimum Gasteiger partial charge on any atom is -0.396 e. The van der Waals surface area contributed by atoms with E-state index in [9.17, 15) is 4.79 Å². The van der Waals surface area contributed by atoms with Gasteiger partial charge in [-0.1, -0.05) is 53.1 Å². The Labute approximate surface area is 163 Å². The first-order valence-electron chi connectivity index (χ1n) is 7.72. The molecule has 0 fully saturated rings. The zero-order valence-electron chi connectivity index (χ0n) is 15.7. The van der Waals surface area contributed by atoms with Crippen LogP contribution in [0.2, 0.25) is 0 Å². The zero-order valence-corrected chi connectivity index (χ0v) is 18.6. The molecule has 0 aliphatic carbocycles. The summed E-state index contributed by atoms with van der Waals surface area (Å²) in [5, 5.41) is 3.56. The Morgan fingerprint density at radius 1 is 1.23 bits per heavy atom. The molecule has 0 aliphatic heterocycles. The van der Waals surface area contributed by atoms with E-state index in [4.69, 9.17) is 4.84 Å². The van der Waals surface area contributed by atoms with Crippen LogP contribution in [0.1, 0.15) is 67.7 Å². The average Bonchev–Trinajstić information content (AvgIpc) is 2.31. The van der Waals surface area contributed by atoms with Gasteiger partial charge in [0.15, 0.2) is 0 Å². The van der Waals surface area contributed by atoms with Gasteiger partial charge in [0.05, 0.1) is 0 Å². The summed E-state index contributed by atoms with van der Waals surface area (Å²) in [5.41, 5.74) is -0.0645. The fourth-order valence-corrected chi connectivity index (χ4v) is 1.74. The van der Waals surface area contributed by atoms with Crippen molar-refractivity contribution in [3.63, 3.8) is 0 Å². The molecular weight excluding hydrogens is 351 g/mol. The molecule has 0 amide bonds. The topological polar surface area (TPSA) is 38.7 Å². The van der Waals surface area contributed by atoms with E-state index in [2.05, 4.69) is 39.8 Å². The van der Waals surface area contributed by atoms with Crippen LogP contribution >= 0.6 is 0 Å². The van der Waals surface area contributed by atoms with Crippen LogP contribution in [-0.2, 0) is 42.3 Å². The Morgan fingerprint density at radius 2 is 1.73 bits per heavy atom. The molecule has 0 rings (SSSR count). The molecule has 0 aromatic carbocycles. The van der Waals surface area contributed by atoms with Crippen LogP contribution in [0.4, 0.5) is 0 Å². The molecule has 0 aromatic rings. The summed E-state index contributed by atoms with van der Waals surface area (Å²) in [6.45, 7) is 22.4. The fraction of sp³-hybridized carbons (Fsp3) is 0.778. The van der Waals surface area contributed by atoms with Crippen molar-refractivity contribution >= 4 is 12.0 Å². The van der Waals surface area contributed by atoms with Gasteiger partial charge in [-0.25, -0.2) is 0 Å². The number of oxime groups is 1. The van der Waals surface area contributed by atoms with Gasteiger partial charge in [-0.15, -0.1) is 5.92 Å². The number of unbranched alkanes of at least 4 members (excludes halogenated alkanes) is 1. The van der Waals surface area contributed by atoms with Gasteiger partial charge >= 0.3 is 0 Å². The third-order valence-corrected chi connectivity index (χ3v) is 2.63. The molecule has 0 N–H and O–H groups in total. The monoisotopic (exact) mass is 386 g/mol. The van der Waals surface area contributed by atoms with Crippen LogP contribution in [0.15, 0.2) is 5.16 Å². The van der Waals surface area contributed by atoms with Crippen LogP contribution in [0, 0.1) is 30.6 Å². The smallest absolute Gasteiger partial charge is 0.114 e. The third-order valence-electron chi connectivity index (χ3n) is 2.63. The second-order valence-corrected chi connectivity index (χ2v) is 7.48. The van der Waals surface area contributed by atoms with Crippen LogP contribution < -0.4 is 0 Å². The van der Waals surface area contributed by atoms with Gasteiger partial charge in [-0.3, -0.25) is 0 Å². The van der Waals surface area contributed by atoms with Gasteiger partial charge in [0, 0.05) is 44.3 Å². The van der Waals surface area contributed by atoms with E-state index in [-0.39, 0.29) is 55.2 Å². The second kappa shape index (κ2) is 13.7. The maximum atomic E-state index is 11.8. The summed E-state index contributed by atoms with van der Waals surface area (Å²) in [6, 6.07) is 0. The molecule has 22 heavy (non-hydrogen) atoms. The van der Waals surface area contributed by atoms with Gasteiger partial charge in [0.2, 0.25) is 0 Å². The Hall–Kier alpha value is 0.244. The van der Waals surface area contributed by atoms with Gasteiger partial charge in [0.25, 0.3) is 0 Å². The van der Waals surface area contributed by atoms with Crippen molar-refractivity contribution in [2.24, 2.45) is 21.9 Å². The Morgan fingerprint density at radius 3 is 2.05 bits per heavy atom. The first-order valence-corrected chi connectivity index (χ1v) is 7.72. The summed E-state index contributed by atoms with van der Waals surface area (Å²) in [7, 11) is 0. The van der Waals surface area contributed by atoms with Crippen molar-refractivity contribution < 1.29 is 42.3 Å². The molecule has 4 heteroatoms. The van der Waals surface area contributed by atoms with E-state index in [0.717, 1.165) is 19.3 Å². The summed E-state index contributed by atoms with van der Waals surface area (Å²) >= 11 is 0. The van der Waals surface area contributed by atoms with E-state index in [1.54, 1.807) is 6.21 Å². The van der Waals surface area contributed by atoms with Crippen molar-refractivity contribution in [2.75, 3.05) is 6.61 Å². The number of nitrogens with zero attached hydrogens (tertiary/aromatic N) is 1. The van der Waals surface area contributed by atoms with E-state index in [1.807, 2.05) is 27.7 Å². The van der Waals surface area contributed by atoms with Gasteiger partial charge < -0.3 is 23.5 Å². The molecule has 0 bridgehead atoms. The molecule has 0 aromatic heterocycles. The van der Waals surface area contributed by atoms with Crippen molar-refractivity contribution in [1.29, 1.82) is 0 Å². The normalized spacial score (nSPS) is 13.0. The quantitative estimate of drug-likeness (QED) is 0.275. The first-order chi connectivity index (χ1) is 9.45. The third kappa shape index (κ3) is 18.3. The van der Waals surface area contributed by atoms with Crippen molar-refractivity contribution in [2.45, 2.75) is 67.7 Å². The number of Topliss-reactive ketones (excluding diaryl/α,β-unsaturated/α-hetero) is 1. The summed E-state index contributed by atoms with van der Waals surface area (Å²) in [5.74, 6) is 0.197. The maximum absolute atomic E-state index is 11.8. The molecule has 0 saturated carbocycles. The number of ketones is 1. The SMILES string of the molecule is [CH2-]C(CC(C)(C)C)C(=O)C(C)(C)C.[CH2-]CCCO/N=C/C.[Y]. The predicted octanol–water partition coefficient (Wildman–Crippen LogP) is 5.11.